The monoisotopic (exact) mass is 327 g/mol. The summed E-state index contributed by atoms with van der Waals surface area (Å²) in [7, 11) is 0. The van der Waals surface area contributed by atoms with E-state index in [1.807, 2.05) is 32.0 Å². The zero-order valence-electron chi connectivity index (χ0n) is 12.8. The van der Waals surface area contributed by atoms with Gasteiger partial charge in [0, 0.05) is 17.3 Å². The van der Waals surface area contributed by atoms with E-state index in [0.717, 1.165) is 16.8 Å². The molecule has 1 N–H and O–H groups in total. The maximum atomic E-state index is 13.4. The lowest BCUT2D eigenvalue weighted by Gasteiger charge is -2.11. The molecule has 0 spiro atoms. The second-order valence-electron chi connectivity index (χ2n) is 5.35. The average molecular weight is 328 g/mol. The fourth-order valence-electron chi connectivity index (χ4n) is 2.25. The summed E-state index contributed by atoms with van der Waals surface area (Å²) in [5.74, 6) is 0.609. The molecule has 23 heavy (non-hydrogen) atoms. The van der Waals surface area contributed by atoms with Crippen LogP contribution in [0.1, 0.15) is 11.1 Å². The lowest BCUT2D eigenvalue weighted by molar-refractivity contribution is 0.628. The van der Waals surface area contributed by atoms with Crippen molar-refractivity contribution in [2.24, 2.45) is 0 Å². The zero-order chi connectivity index (χ0) is 16.4. The molecule has 0 atom stereocenters. The molecule has 5 heteroatoms. The van der Waals surface area contributed by atoms with Crippen molar-refractivity contribution in [2.45, 2.75) is 13.8 Å². The number of benzene rings is 2. The van der Waals surface area contributed by atoms with Crippen LogP contribution in [-0.4, -0.2) is 9.97 Å². The number of anilines is 2. The van der Waals surface area contributed by atoms with Crippen molar-refractivity contribution >= 4 is 23.1 Å². The van der Waals surface area contributed by atoms with Gasteiger partial charge < -0.3 is 5.32 Å². The minimum atomic E-state index is -0.338. The third kappa shape index (κ3) is 3.66. The Morgan fingerprint density at radius 3 is 2.61 bits per heavy atom. The van der Waals surface area contributed by atoms with Gasteiger partial charge in [0.15, 0.2) is 5.82 Å². The summed E-state index contributed by atoms with van der Waals surface area (Å²) in [5, 5.41) is 3.55. The third-order valence-corrected chi connectivity index (χ3v) is 3.63. The SMILES string of the molecule is Cc1ccc(C)c(Nc2cc(Cl)nc(-c3cccc(F)c3)n2)c1. The molecule has 0 unspecified atom stereocenters. The minimum absolute atomic E-state index is 0.298. The fraction of sp³-hybridized carbons (Fsp3) is 0.111. The van der Waals surface area contributed by atoms with Gasteiger partial charge in [0.1, 0.15) is 16.8 Å². The molecule has 0 saturated heterocycles. The topological polar surface area (TPSA) is 37.8 Å². The van der Waals surface area contributed by atoms with Gasteiger partial charge in [-0.3, -0.25) is 0 Å². The second kappa shape index (κ2) is 6.34. The van der Waals surface area contributed by atoms with E-state index in [0.29, 0.717) is 22.4 Å². The summed E-state index contributed by atoms with van der Waals surface area (Å²) in [6, 6.07) is 13.9. The molecule has 0 aliphatic carbocycles. The number of halogens is 2. The van der Waals surface area contributed by atoms with E-state index in [1.54, 1.807) is 18.2 Å². The highest BCUT2D eigenvalue weighted by molar-refractivity contribution is 6.29. The maximum absolute atomic E-state index is 13.4. The van der Waals surface area contributed by atoms with E-state index < -0.39 is 0 Å². The largest absolute Gasteiger partial charge is 0.340 e. The Hall–Kier alpha value is -2.46. The van der Waals surface area contributed by atoms with Crippen molar-refractivity contribution in [2.75, 3.05) is 5.32 Å². The van der Waals surface area contributed by atoms with E-state index in [9.17, 15) is 4.39 Å². The first kappa shape index (κ1) is 15.4. The van der Waals surface area contributed by atoms with E-state index in [4.69, 9.17) is 11.6 Å². The molecule has 0 aliphatic rings. The molecule has 3 nitrogen and oxygen atoms in total. The van der Waals surface area contributed by atoms with Gasteiger partial charge >= 0.3 is 0 Å². The summed E-state index contributed by atoms with van der Waals surface area (Å²) in [4.78, 5) is 8.61. The van der Waals surface area contributed by atoms with Gasteiger partial charge in [-0.05, 0) is 43.2 Å². The van der Waals surface area contributed by atoms with Gasteiger partial charge in [0.25, 0.3) is 0 Å². The van der Waals surface area contributed by atoms with Crippen molar-refractivity contribution in [1.82, 2.24) is 9.97 Å². The summed E-state index contributed by atoms with van der Waals surface area (Å²) in [5.41, 5.74) is 3.77. The fourth-order valence-corrected chi connectivity index (χ4v) is 2.43. The number of hydrogen-bond acceptors (Lipinski definition) is 3. The molecule has 0 aliphatic heterocycles. The van der Waals surface area contributed by atoms with Crippen LogP contribution in [0.2, 0.25) is 5.15 Å². The summed E-state index contributed by atoms with van der Waals surface area (Å²) in [6.07, 6.45) is 0. The first-order valence-corrected chi connectivity index (χ1v) is 7.54. The van der Waals surface area contributed by atoms with Crippen molar-refractivity contribution in [3.63, 3.8) is 0 Å². The van der Waals surface area contributed by atoms with E-state index in [-0.39, 0.29) is 5.82 Å². The van der Waals surface area contributed by atoms with Crippen molar-refractivity contribution < 1.29 is 4.39 Å². The predicted molar refractivity (Wildman–Crippen MR) is 91.6 cm³/mol. The average Bonchev–Trinajstić information content (AvgIpc) is 2.50. The molecule has 0 fully saturated rings. The lowest BCUT2D eigenvalue weighted by atomic mass is 10.1. The van der Waals surface area contributed by atoms with Crippen molar-refractivity contribution in [1.29, 1.82) is 0 Å². The Bertz CT molecular complexity index is 865. The number of aromatic nitrogens is 2. The van der Waals surface area contributed by atoms with E-state index >= 15 is 0 Å². The standard InChI is InChI=1S/C18H15ClFN3/c1-11-6-7-12(2)15(8-11)21-17-10-16(19)22-18(23-17)13-4-3-5-14(20)9-13/h3-10H,1-2H3,(H,21,22,23). The quantitative estimate of drug-likeness (QED) is 0.664. The molecule has 3 rings (SSSR count). The zero-order valence-corrected chi connectivity index (χ0v) is 13.5. The molecular formula is C18H15ClFN3. The van der Waals surface area contributed by atoms with Crippen LogP contribution in [0.25, 0.3) is 11.4 Å². The summed E-state index contributed by atoms with van der Waals surface area (Å²) >= 11 is 6.09. The number of nitrogens with zero attached hydrogens (tertiary/aromatic N) is 2. The Morgan fingerprint density at radius 1 is 1.00 bits per heavy atom. The normalized spacial score (nSPS) is 10.6. The van der Waals surface area contributed by atoms with Crippen LogP contribution in [0.3, 0.4) is 0 Å². The number of rotatable bonds is 3. The van der Waals surface area contributed by atoms with E-state index in [2.05, 4.69) is 15.3 Å². The molecule has 2 aromatic carbocycles. The first-order valence-electron chi connectivity index (χ1n) is 7.16. The minimum Gasteiger partial charge on any atom is -0.340 e. The van der Waals surface area contributed by atoms with Crippen LogP contribution in [0, 0.1) is 19.7 Å². The van der Waals surface area contributed by atoms with E-state index in [1.165, 1.54) is 12.1 Å². The maximum Gasteiger partial charge on any atom is 0.163 e. The van der Waals surface area contributed by atoms with Gasteiger partial charge in [0.05, 0.1) is 0 Å². The van der Waals surface area contributed by atoms with Gasteiger partial charge in [0.2, 0.25) is 0 Å². The highest BCUT2D eigenvalue weighted by atomic mass is 35.5. The number of nitrogens with one attached hydrogen (secondary N) is 1. The number of hydrogen-bond donors (Lipinski definition) is 1. The third-order valence-electron chi connectivity index (χ3n) is 3.43. The van der Waals surface area contributed by atoms with Crippen LogP contribution in [0.5, 0.6) is 0 Å². The lowest BCUT2D eigenvalue weighted by Crippen LogP contribution is -1.99. The van der Waals surface area contributed by atoms with Crippen molar-refractivity contribution in [3.05, 3.63) is 70.6 Å². The molecule has 0 amide bonds. The molecule has 3 aromatic rings. The highest BCUT2D eigenvalue weighted by Gasteiger charge is 2.08. The molecule has 1 heterocycles. The van der Waals surface area contributed by atoms with Crippen LogP contribution < -0.4 is 5.32 Å². The molecule has 0 bridgehead atoms. The molecule has 0 saturated carbocycles. The Morgan fingerprint density at radius 2 is 1.83 bits per heavy atom. The summed E-state index contributed by atoms with van der Waals surface area (Å²) in [6.45, 7) is 4.04. The Labute approximate surface area is 139 Å². The van der Waals surface area contributed by atoms with Gasteiger partial charge in [-0.15, -0.1) is 0 Å². The number of aryl methyl sites for hydroxylation is 2. The van der Waals surface area contributed by atoms with Crippen LogP contribution >= 0.6 is 11.6 Å². The van der Waals surface area contributed by atoms with Crippen molar-refractivity contribution in [3.8, 4) is 11.4 Å². The van der Waals surface area contributed by atoms with Gasteiger partial charge in [-0.25, -0.2) is 14.4 Å². The second-order valence-corrected chi connectivity index (χ2v) is 5.74. The molecular weight excluding hydrogens is 313 g/mol. The molecule has 116 valence electrons. The van der Waals surface area contributed by atoms with Gasteiger partial charge in [-0.1, -0.05) is 35.9 Å². The van der Waals surface area contributed by atoms with Crippen LogP contribution in [0.4, 0.5) is 15.9 Å². The molecule has 0 radical (unpaired) electrons. The smallest absolute Gasteiger partial charge is 0.163 e. The van der Waals surface area contributed by atoms with Gasteiger partial charge in [-0.2, -0.15) is 0 Å². The Kier molecular flexibility index (Phi) is 4.26. The summed E-state index contributed by atoms with van der Waals surface area (Å²) < 4.78 is 13.4. The van der Waals surface area contributed by atoms with Crippen LogP contribution in [0.15, 0.2) is 48.5 Å². The van der Waals surface area contributed by atoms with Crippen LogP contribution in [-0.2, 0) is 0 Å². The highest BCUT2D eigenvalue weighted by Crippen LogP contribution is 2.25. The first-order chi connectivity index (χ1) is 11.0. The molecule has 1 aromatic heterocycles. The predicted octanol–water partition coefficient (Wildman–Crippen LogP) is 5.30. The Balaban J connectivity index is 1.99.